The minimum absolute atomic E-state index is 0.121. The standard InChI is InChI=1S/C27H32N2O4/c1-4-5-10-24-25(18-30)29(17-19(2)3)27(33)28(24)16-15-20-11-13-21(14-12-20)22-8-6-7-9-23(22)26(31)32/h6-9,11-14,18-19H,4-5,10,15-17H2,1-3H3,(H,31,32). The van der Waals surface area contributed by atoms with Gasteiger partial charge in [0.15, 0.2) is 6.29 Å². The van der Waals surface area contributed by atoms with Crippen LogP contribution in [-0.4, -0.2) is 26.5 Å². The van der Waals surface area contributed by atoms with E-state index in [9.17, 15) is 19.5 Å². The molecule has 1 aromatic heterocycles. The average Bonchev–Trinajstić information content (AvgIpc) is 3.05. The zero-order chi connectivity index (χ0) is 24.0. The Balaban J connectivity index is 1.86. The predicted octanol–water partition coefficient (Wildman–Crippen LogP) is 5.07. The average molecular weight is 449 g/mol. The second-order valence-electron chi connectivity index (χ2n) is 8.79. The molecular formula is C27H32N2O4. The van der Waals surface area contributed by atoms with Crippen LogP contribution >= 0.6 is 0 Å². The molecule has 0 unspecified atom stereocenters. The smallest absolute Gasteiger partial charge is 0.336 e. The number of carbonyl (C=O) groups is 2. The second kappa shape index (κ2) is 10.9. The number of aldehydes is 1. The summed E-state index contributed by atoms with van der Waals surface area (Å²) >= 11 is 0. The second-order valence-corrected chi connectivity index (χ2v) is 8.79. The topological polar surface area (TPSA) is 81.3 Å². The summed E-state index contributed by atoms with van der Waals surface area (Å²) in [7, 11) is 0. The molecule has 3 rings (SSSR count). The molecule has 0 aliphatic heterocycles. The van der Waals surface area contributed by atoms with Crippen LogP contribution < -0.4 is 5.69 Å². The molecular weight excluding hydrogens is 416 g/mol. The third-order valence-corrected chi connectivity index (χ3v) is 5.85. The van der Waals surface area contributed by atoms with E-state index >= 15 is 0 Å². The van der Waals surface area contributed by atoms with Crippen LogP contribution in [0, 0.1) is 5.92 Å². The van der Waals surface area contributed by atoms with E-state index in [0.29, 0.717) is 37.2 Å². The van der Waals surface area contributed by atoms with Gasteiger partial charge in [0.05, 0.1) is 5.56 Å². The number of aromatic carboxylic acids is 1. The first kappa shape index (κ1) is 24.2. The van der Waals surface area contributed by atoms with Crippen molar-refractivity contribution in [2.24, 2.45) is 5.92 Å². The number of benzene rings is 2. The molecule has 6 heteroatoms. The number of aromatic nitrogens is 2. The number of carboxylic acids is 1. The summed E-state index contributed by atoms with van der Waals surface area (Å²) in [5.41, 5.74) is 4.03. The summed E-state index contributed by atoms with van der Waals surface area (Å²) in [6.07, 6.45) is 4.07. The van der Waals surface area contributed by atoms with Gasteiger partial charge in [-0.3, -0.25) is 13.9 Å². The van der Waals surface area contributed by atoms with Crippen LogP contribution in [0.3, 0.4) is 0 Å². The van der Waals surface area contributed by atoms with Gasteiger partial charge in [0, 0.05) is 18.8 Å². The van der Waals surface area contributed by atoms with Crippen LogP contribution in [0.25, 0.3) is 11.1 Å². The zero-order valence-corrected chi connectivity index (χ0v) is 19.6. The summed E-state index contributed by atoms with van der Waals surface area (Å²) in [6.45, 7) is 7.19. The first-order valence-electron chi connectivity index (χ1n) is 11.6. The van der Waals surface area contributed by atoms with Crippen molar-refractivity contribution in [2.45, 2.75) is 59.5 Å². The molecule has 0 aliphatic rings. The van der Waals surface area contributed by atoms with Gasteiger partial charge in [-0.1, -0.05) is 69.7 Å². The highest BCUT2D eigenvalue weighted by molar-refractivity contribution is 5.95. The van der Waals surface area contributed by atoms with Crippen LogP contribution in [0.15, 0.2) is 53.3 Å². The Morgan fingerprint density at radius 2 is 1.73 bits per heavy atom. The van der Waals surface area contributed by atoms with Gasteiger partial charge in [-0.2, -0.15) is 0 Å². The van der Waals surface area contributed by atoms with Crippen molar-refractivity contribution in [3.63, 3.8) is 0 Å². The molecule has 2 aromatic carbocycles. The van der Waals surface area contributed by atoms with Gasteiger partial charge in [0.2, 0.25) is 0 Å². The minimum Gasteiger partial charge on any atom is -0.478 e. The van der Waals surface area contributed by atoms with Gasteiger partial charge in [-0.15, -0.1) is 0 Å². The molecule has 0 fully saturated rings. The molecule has 0 aliphatic carbocycles. The lowest BCUT2D eigenvalue weighted by molar-refractivity contribution is 0.0697. The Kier molecular flexibility index (Phi) is 8.04. The van der Waals surface area contributed by atoms with Crippen LogP contribution in [0.4, 0.5) is 0 Å². The molecule has 174 valence electrons. The van der Waals surface area contributed by atoms with Gasteiger partial charge in [-0.25, -0.2) is 9.59 Å². The number of hydrogen-bond donors (Lipinski definition) is 1. The van der Waals surface area contributed by atoms with E-state index in [-0.39, 0.29) is 17.2 Å². The van der Waals surface area contributed by atoms with E-state index in [1.54, 1.807) is 27.3 Å². The van der Waals surface area contributed by atoms with E-state index in [2.05, 4.69) is 6.92 Å². The molecule has 0 amide bonds. The minimum atomic E-state index is -0.953. The van der Waals surface area contributed by atoms with Crippen LogP contribution in [0.2, 0.25) is 0 Å². The lowest BCUT2D eigenvalue weighted by atomic mass is 9.98. The summed E-state index contributed by atoms with van der Waals surface area (Å²) in [5, 5.41) is 9.45. The third kappa shape index (κ3) is 5.51. The van der Waals surface area contributed by atoms with Crippen molar-refractivity contribution < 1.29 is 14.7 Å². The Hall–Kier alpha value is -3.41. The van der Waals surface area contributed by atoms with Crippen molar-refractivity contribution in [2.75, 3.05) is 0 Å². The van der Waals surface area contributed by atoms with Crippen molar-refractivity contribution >= 4 is 12.3 Å². The van der Waals surface area contributed by atoms with Crippen LogP contribution in [0.1, 0.15) is 65.7 Å². The molecule has 33 heavy (non-hydrogen) atoms. The van der Waals surface area contributed by atoms with Gasteiger partial charge >= 0.3 is 11.7 Å². The van der Waals surface area contributed by atoms with E-state index in [0.717, 1.165) is 35.9 Å². The fraction of sp³-hybridized carbons (Fsp3) is 0.370. The molecule has 0 atom stereocenters. The molecule has 0 saturated heterocycles. The number of carboxylic acid groups (broad SMARTS) is 1. The monoisotopic (exact) mass is 448 g/mol. The molecule has 3 aromatic rings. The summed E-state index contributed by atoms with van der Waals surface area (Å²) in [4.78, 5) is 36.5. The maximum Gasteiger partial charge on any atom is 0.336 e. The molecule has 0 saturated carbocycles. The van der Waals surface area contributed by atoms with Crippen molar-refractivity contribution in [3.8, 4) is 11.1 Å². The van der Waals surface area contributed by atoms with E-state index in [4.69, 9.17) is 0 Å². The van der Waals surface area contributed by atoms with Crippen molar-refractivity contribution in [3.05, 3.63) is 81.5 Å². The van der Waals surface area contributed by atoms with E-state index < -0.39 is 5.97 Å². The number of imidazole rings is 1. The van der Waals surface area contributed by atoms with Gasteiger partial charge in [0.1, 0.15) is 5.69 Å². The largest absolute Gasteiger partial charge is 0.478 e. The van der Waals surface area contributed by atoms with Crippen molar-refractivity contribution in [1.29, 1.82) is 0 Å². The van der Waals surface area contributed by atoms with Gasteiger partial charge in [-0.05, 0) is 47.9 Å². The first-order valence-corrected chi connectivity index (χ1v) is 11.6. The summed E-state index contributed by atoms with van der Waals surface area (Å²) in [6, 6.07) is 14.7. The Bertz CT molecular complexity index is 1170. The maximum absolute atomic E-state index is 13.1. The Morgan fingerprint density at radius 3 is 2.33 bits per heavy atom. The maximum atomic E-state index is 13.1. The third-order valence-electron chi connectivity index (χ3n) is 5.85. The molecule has 0 spiro atoms. The molecule has 0 bridgehead atoms. The van der Waals surface area contributed by atoms with Gasteiger partial charge in [0.25, 0.3) is 0 Å². The van der Waals surface area contributed by atoms with E-state index in [1.165, 1.54) is 0 Å². The number of aryl methyl sites for hydroxylation is 1. The Labute approximate surface area is 194 Å². The molecule has 1 N–H and O–H groups in total. The summed E-state index contributed by atoms with van der Waals surface area (Å²) < 4.78 is 3.38. The Morgan fingerprint density at radius 1 is 1.03 bits per heavy atom. The highest BCUT2D eigenvalue weighted by Crippen LogP contribution is 2.24. The van der Waals surface area contributed by atoms with Crippen LogP contribution in [0.5, 0.6) is 0 Å². The summed E-state index contributed by atoms with van der Waals surface area (Å²) in [5.74, 6) is -0.692. The fourth-order valence-electron chi connectivity index (χ4n) is 4.18. The number of rotatable bonds is 11. The number of nitrogens with zero attached hydrogens (tertiary/aromatic N) is 2. The number of carbonyl (C=O) groups excluding carboxylic acids is 1. The highest BCUT2D eigenvalue weighted by atomic mass is 16.4. The first-order chi connectivity index (χ1) is 15.9. The quantitative estimate of drug-likeness (QED) is 0.415. The van der Waals surface area contributed by atoms with Gasteiger partial charge < -0.3 is 5.11 Å². The fourth-order valence-corrected chi connectivity index (χ4v) is 4.18. The lowest BCUT2D eigenvalue weighted by Gasteiger charge is -2.10. The SMILES string of the molecule is CCCCc1c(C=O)n(CC(C)C)c(=O)n1CCc1ccc(-c2ccccc2C(=O)O)cc1. The molecule has 6 nitrogen and oxygen atoms in total. The normalized spacial score (nSPS) is 11.2. The zero-order valence-electron chi connectivity index (χ0n) is 19.6. The van der Waals surface area contributed by atoms with E-state index in [1.807, 2.05) is 44.2 Å². The van der Waals surface area contributed by atoms with Crippen LogP contribution in [-0.2, 0) is 25.9 Å². The lowest BCUT2D eigenvalue weighted by Crippen LogP contribution is -2.27. The predicted molar refractivity (Wildman–Crippen MR) is 130 cm³/mol. The number of hydrogen-bond acceptors (Lipinski definition) is 3. The highest BCUT2D eigenvalue weighted by Gasteiger charge is 2.19. The molecule has 1 heterocycles. The molecule has 0 radical (unpaired) electrons. The number of unbranched alkanes of at least 4 members (excludes halogenated alkanes) is 1. The van der Waals surface area contributed by atoms with Crippen molar-refractivity contribution in [1.82, 2.24) is 9.13 Å².